The third kappa shape index (κ3) is 3.99. The molecule has 2 atom stereocenters. The first-order valence-corrected chi connectivity index (χ1v) is 9.21. The van der Waals surface area contributed by atoms with E-state index in [0.29, 0.717) is 18.0 Å². The summed E-state index contributed by atoms with van der Waals surface area (Å²) in [7, 11) is 2.28. The van der Waals surface area contributed by atoms with Gasteiger partial charge in [0.1, 0.15) is 0 Å². The van der Waals surface area contributed by atoms with Crippen LogP contribution in [0.5, 0.6) is 0 Å². The summed E-state index contributed by atoms with van der Waals surface area (Å²) in [5.41, 5.74) is 2.74. The SMILES string of the molecule is CC(C)[C@@H]1C[C@H](N(Cc2ccccc2)c2ccccc2)CCN1C. The van der Waals surface area contributed by atoms with Crippen molar-refractivity contribution in [2.45, 2.75) is 45.3 Å². The van der Waals surface area contributed by atoms with Gasteiger partial charge in [-0.25, -0.2) is 0 Å². The number of likely N-dealkylation sites (tertiary alicyclic amines) is 1. The van der Waals surface area contributed by atoms with Crippen molar-refractivity contribution in [1.82, 2.24) is 4.90 Å². The van der Waals surface area contributed by atoms with Gasteiger partial charge in [-0.15, -0.1) is 0 Å². The Morgan fingerprint density at radius 3 is 2.25 bits per heavy atom. The molecule has 0 spiro atoms. The molecule has 3 rings (SSSR count). The number of benzene rings is 2. The second-order valence-electron chi connectivity index (χ2n) is 7.42. The quantitative estimate of drug-likeness (QED) is 0.779. The van der Waals surface area contributed by atoms with E-state index in [4.69, 9.17) is 0 Å². The van der Waals surface area contributed by atoms with E-state index in [1.165, 1.54) is 30.6 Å². The lowest BCUT2D eigenvalue weighted by atomic mass is 9.88. The summed E-state index contributed by atoms with van der Waals surface area (Å²) in [5, 5.41) is 0. The van der Waals surface area contributed by atoms with Gasteiger partial charge >= 0.3 is 0 Å². The van der Waals surface area contributed by atoms with Crippen molar-refractivity contribution in [2.75, 3.05) is 18.5 Å². The molecule has 0 N–H and O–H groups in total. The molecule has 0 aliphatic carbocycles. The Kier molecular flexibility index (Phi) is 5.57. The van der Waals surface area contributed by atoms with Crippen LogP contribution in [0.15, 0.2) is 60.7 Å². The maximum atomic E-state index is 2.62. The molecule has 1 heterocycles. The lowest BCUT2D eigenvalue weighted by molar-refractivity contribution is 0.127. The highest BCUT2D eigenvalue weighted by atomic mass is 15.2. The van der Waals surface area contributed by atoms with Crippen molar-refractivity contribution >= 4 is 5.69 Å². The molecule has 2 nitrogen and oxygen atoms in total. The molecule has 0 aromatic heterocycles. The second-order valence-corrected chi connectivity index (χ2v) is 7.42. The molecular weight excluding hydrogens is 292 g/mol. The van der Waals surface area contributed by atoms with E-state index in [1.54, 1.807) is 0 Å². The van der Waals surface area contributed by atoms with Gasteiger partial charge in [0.2, 0.25) is 0 Å². The maximum absolute atomic E-state index is 2.62. The van der Waals surface area contributed by atoms with Crippen LogP contribution in [0.25, 0.3) is 0 Å². The number of hydrogen-bond acceptors (Lipinski definition) is 2. The molecule has 128 valence electrons. The molecule has 24 heavy (non-hydrogen) atoms. The van der Waals surface area contributed by atoms with Gasteiger partial charge in [0.25, 0.3) is 0 Å². The standard InChI is InChI=1S/C22H30N2/c1-18(2)22-16-21(14-15-23(22)3)24(20-12-8-5-9-13-20)17-19-10-6-4-7-11-19/h4-13,18,21-22H,14-17H2,1-3H3/t21-,22+/m1/s1. The van der Waals surface area contributed by atoms with Crippen LogP contribution in [-0.2, 0) is 6.54 Å². The number of anilines is 1. The molecule has 0 radical (unpaired) electrons. The van der Waals surface area contributed by atoms with E-state index in [9.17, 15) is 0 Å². The number of rotatable bonds is 5. The summed E-state index contributed by atoms with van der Waals surface area (Å²) >= 11 is 0. The number of nitrogens with zero attached hydrogens (tertiary/aromatic N) is 2. The van der Waals surface area contributed by atoms with E-state index >= 15 is 0 Å². The van der Waals surface area contributed by atoms with E-state index in [2.05, 4.69) is 91.4 Å². The zero-order valence-electron chi connectivity index (χ0n) is 15.2. The molecule has 1 aliphatic rings. The zero-order valence-corrected chi connectivity index (χ0v) is 15.2. The predicted octanol–water partition coefficient (Wildman–Crippen LogP) is 4.81. The van der Waals surface area contributed by atoms with E-state index in [1.807, 2.05) is 0 Å². The van der Waals surface area contributed by atoms with Gasteiger partial charge in [-0.05, 0) is 43.5 Å². The third-order valence-corrected chi connectivity index (χ3v) is 5.39. The summed E-state index contributed by atoms with van der Waals surface area (Å²) in [4.78, 5) is 5.17. The predicted molar refractivity (Wildman–Crippen MR) is 103 cm³/mol. The molecule has 1 fully saturated rings. The molecule has 0 unspecified atom stereocenters. The Morgan fingerprint density at radius 2 is 1.62 bits per heavy atom. The first-order valence-electron chi connectivity index (χ1n) is 9.21. The normalized spacial score (nSPS) is 21.8. The lowest BCUT2D eigenvalue weighted by Crippen LogP contribution is -2.50. The fourth-order valence-corrected chi connectivity index (χ4v) is 3.99. The van der Waals surface area contributed by atoms with Crippen LogP contribution in [0.3, 0.4) is 0 Å². The summed E-state index contributed by atoms with van der Waals surface area (Å²) in [6, 6.07) is 23.1. The number of piperidine rings is 1. The van der Waals surface area contributed by atoms with Gasteiger partial charge in [0, 0.05) is 30.9 Å². The Labute approximate surface area is 147 Å². The Balaban J connectivity index is 1.84. The van der Waals surface area contributed by atoms with E-state index in [-0.39, 0.29) is 0 Å². The summed E-state index contributed by atoms with van der Waals surface area (Å²) in [6.07, 6.45) is 2.48. The maximum Gasteiger partial charge on any atom is 0.0432 e. The van der Waals surface area contributed by atoms with E-state index in [0.717, 1.165) is 6.54 Å². The van der Waals surface area contributed by atoms with Crippen LogP contribution in [0, 0.1) is 5.92 Å². The first-order chi connectivity index (χ1) is 11.6. The molecule has 2 heteroatoms. The highest BCUT2D eigenvalue weighted by Gasteiger charge is 2.31. The van der Waals surface area contributed by atoms with Crippen molar-refractivity contribution in [2.24, 2.45) is 5.92 Å². The highest BCUT2D eigenvalue weighted by molar-refractivity contribution is 5.48. The molecule has 1 aliphatic heterocycles. The second kappa shape index (κ2) is 7.85. The average molecular weight is 322 g/mol. The molecule has 2 aromatic rings. The van der Waals surface area contributed by atoms with Gasteiger partial charge in [-0.2, -0.15) is 0 Å². The molecule has 0 amide bonds. The molecule has 0 bridgehead atoms. The van der Waals surface area contributed by atoms with Crippen molar-refractivity contribution in [1.29, 1.82) is 0 Å². The van der Waals surface area contributed by atoms with Gasteiger partial charge in [-0.1, -0.05) is 62.4 Å². The van der Waals surface area contributed by atoms with Crippen LogP contribution < -0.4 is 4.90 Å². The Bertz CT molecular complexity index is 608. The largest absolute Gasteiger partial charge is 0.364 e. The van der Waals surface area contributed by atoms with E-state index < -0.39 is 0 Å². The first kappa shape index (κ1) is 17.0. The summed E-state index contributed by atoms with van der Waals surface area (Å²) < 4.78 is 0. The van der Waals surface area contributed by atoms with Crippen LogP contribution in [0.4, 0.5) is 5.69 Å². The molecule has 1 saturated heterocycles. The minimum Gasteiger partial charge on any atom is -0.364 e. The Morgan fingerprint density at radius 1 is 1.00 bits per heavy atom. The van der Waals surface area contributed by atoms with Crippen molar-refractivity contribution in [3.63, 3.8) is 0 Å². The van der Waals surface area contributed by atoms with Crippen LogP contribution in [0.2, 0.25) is 0 Å². The lowest BCUT2D eigenvalue weighted by Gasteiger charge is -2.44. The van der Waals surface area contributed by atoms with Gasteiger partial charge in [-0.3, -0.25) is 0 Å². The van der Waals surface area contributed by atoms with Crippen LogP contribution >= 0.6 is 0 Å². The third-order valence-electron chi connectivity index (χ3n) is 5.39. The smallest absolute Gasteiger partial charge is 0.0432 e. The topological polar surface area (TPSA) is 6.48 Å². The highest BCUT2D eigenvalue weighted by Crippen LogP contribution is 2.30. The van der Waals surface area contributed by atoms with Gasteiger partial charge < -0.3 is 9.80 Å². The number of para-hydroxylation sites is 1. The monoisotopic (exact) mass is 322 g/mol. The van der Waals surface area contributed by atoms with Crippen molar-refractivity contribution in [3.8, 4) is 0 Å². The number of hydrogen-bond donors (Lipinski definition) is 0. The average Bonchev–Trinajstić information content (AvgIpc) is 2.62. The fraction of sp³-hybridized carbons (Fsp3) is 0.455. The minimum absolute atomic E-state index is 0.608. The molecular formula is C22H30N2. The van der Waals surface area contributed by atoms with Crippen molar-refractivity contribution in [3.05, 3.63) is 66.2 Å². The molecule has 0 saturated carbocycles. The summed E-state index contributed by atoms with van der Waals surface area (Å²) in [5.74, 6) is 0.701. The Hall–Kier alpha value is -1.80. The fourth-order valence-electron chi connectivity index (χ4n) is 3.99. The summed E-state index contributed by atoms with van der Waals surface area (Å²) in [6.45, 7) is 6.89. The van der Waals surface area contributed by atoms with Crippen LogP contribution in [-0.4, -0.2) is 30.6 Å². The van der Waals surface area contributed by atoms with Crippen LogP contribution in [0.1, 0.15) is 32.3 Å². The van der Waals surface area contributed by atoms with Gasteiger partial charge in [0.05, 0.1) is 0 Å². The molecule has 2 aromatic carbocycles. The van der Waals surface area contributed by atoms with Gasteiger partial charge in [0.15, 0.2) is 0 Å². The zero-order chi connectivity index (χ0) is 16.9. The minimum atomic E-state index is 0.608. The van der Waals surface area contributed by atoms with Crippen molar-refractivity contribution < 1.29 is 0 Å².